The lowest BCUT2D eigenvalue weighted by Crippen LogP contribution is -2.23. The number of aryl methyl sites for hydroxylation is 1. The van der Waals surface area contributed by atoms with Gasteiger partial charge in [0, 0.05) is 35.6 Å². The van der Waals surface area contributed by atoms with E-state index >= 15 is 0 Å². The molecule has 0 amide bonds. The van der Waals surface area contributed by atoms with Gasteiger partial charge in [0.05, 0.1) is 22.9 Å². The number of Topliss-reactive ketones (excluding diaryl/α,β-unsaturated/α-hetero) is 1. The van der Waals surface area contributed by atoms with Crippen molar-refractivity contribution in [3.05, 3.63) is 33.0 Å². The maximum Gasteiger partial charge on any atom is 0.306 e. The van der Waals surface area contributed by atoms with Crippen LogP contribution in [0.3, 0.4) is 0 Å². The van der Waals surface area contributed by atoms with Gasteiger partial charge < -0.3 is 14.6 Å². The summed E-state index contributed by atoms with van der Waals surface area (Å²) in [5.74, 6) is -0.677. The number of aliphatic hydroxyl groups excluding tert-OH is 1. The summed E-state index contributed by atoms with van der Waals surface area (Å²) in [7, 11) is 0. The van der Waals surface area contributed by atoms with Gasteiger partial charge in [0.15, 0.2) is 5.78 Å². The lowest BCUT2D eigenvalue weighted by molar-refractivity contribution is -0.148. The molecule has 2 aliphatic heterocycles. The molecule has 0 saturated carbocycles. The third-order valence-electron chi connectivity index (χ3n) is 6.50. The molecule has 0 radical (unpaired) electrons. The van der Waals surface area contributed by atoms with Crippen LogP contribution < -0.4 is 0 Å². The Kier molecular flexibility index (Phi) is 11.0. The van der Waals surface area contributed by atoms with Crippen LogP contribution in [0.25, 0.3) is 6.08 Å². The van der Waals surface area contributed by atoms with Gasteiger partial charge in [-0.15, -0.1) is 11.3 Å². The number of ether oxygens (including phenoxy) is 2. The van der Waals surface area contributed by atoms with Gasteiger partial charge in [-0.2, -0.15) is 0 Å². The van der Waals surface area contributed by atoms with Gasteiger partial charge in [-0.05, 0) is 51.7 Å². The number of allylic oxidation sites excluding steroid dienone is 2. The number of epoxide rings is 1. The lowest BCUT2D eigenvalue weighted by Gasteiger charge is -2.20. The molecular weight excluding hydrogens is 450 g/mol. The van der Waals surface area contributed by atoms with Crippen LogP contribution in [0, 0.1) is 18.8 Å². The molecular formula is C27H41NO5S. The Morgan fingerprint density at radius 2 is 1.82 bits per heavy atom. The fourth-order valence-electron chi connectivity index (χ4n) is 4.26. The van der Waals surface area contributed by atoms with Gasteiger partial charge in [-0.1, -0.05) is 34.1 Å². The second-order valence-corrected chi connectivity index (χ2v) is 10.3. The SMILES string of the molecule is C/C(=C\c1csc(C)n1)[C@@H]1C[C@@H]2O[C@@H]2CCC[C@H](C)/C(O)=C(/C)C(=O)[C@@H](C)CCC(=O)O1.CC. The highest BCUT2D eigenvalue weighted by Crippen LogP contribution is 2.35. The first kappa shape index (κ1) is 28.2. The minimum atomic E-state index is -0.372. The van der Waals surface area contributed by atoms with Gasteiger partial charge in [0.25, 0.3) is 0 Å². The van der Waals surface area contributed by atoms with Crippen molar-refractivity contribution in [1.82, 2.24) is 4.98 Å². The number of cyclic esters (lactones) is 1. The van der Waals surface area contributed by atoms with E-state index in [1.54, 1.807) is 25.2 Å². The summed E-state index contributed by atoms with van der Waals surface area (Å²) < 4.78 is 11.7. The van der Waals surface area contributed by atoms with E-state index in [0.717, 1.165) is 35.5 Å². The molecule has 0 bridgehead atoms. The van der Waals surface area contributed by atoms with Crippen molar-refractivity contribution >= 4 is 29.2 Å². The van der Waals surface area contributed by atoms with Gasteiger partial charge >= 0.3 is 5.97 Å². The molecule has 0 aromatic carbocycles. The van der Waals surface area contributed by atoms with Crippen molar-refractivity contribution in [2.45, 2.75) is 105 Å². The zero-order chi connectivity index (χ0) is 25.4. The summed E-state index contributed by atoms with van der Waals surface area (Å²) >= 11 is 1.59. The minimum Gasteiger partial charge on any atom is -0.512 e. The van der Waals surface area contributed by atoms with Crippen molar-refractivity contribution in [3.8, 4) is 0 Å². The highest BCUT2D eigenvalue weighted by molar-refractivity contribution is 7.09. The standard InChI is InChI=1S/C25H35NO5S.C2H6/c1-14-7-6-8-20-22(30-20)12-21(16(3)11-19-13-32-18(5)26-19)31-23(27)10-9-15(2)25(29)17(4)24(14)28;1-2/h11,13-15,20-22,28H,6-10,12H2,1-5H3;1-2H3/b16-11+,24-17+;/t14-,15-,20+,21-,22-;/m0./s1. The highest BCUT2D eigenvalue weighted by Gasteiger charge is 2.41. The third kappa shape index (κ3) is 8.05. The molecule has 7 heteroatoms. The number of carbonyl (C=O) groups excluding carboxylic acids is 2. The van der Waals surface area contributed by atoms with E-state index in [-0.39, 0.29) is 54.1 Å². The van der Waals surface area contributed by atoms with Crippen molar-refractivity contribution < 1.29 is 24.2 Å². The van der Waals surface area contributed by atoms with Gasteiger partial charge in [-0.3, -0.25) is 9.59 Å². The number of fused-ring (bicyclic) bond motifs is 1. The fourth-order valence-corrected chi connectivity index (χ4v) is 4.83. The summed E-state index contributed by atoms with van der Waals surface area (Å²) in [6.07, 6.45) is 5.59. The molecule has 1 saturated heterocycles. The molecule has 5 atom stereocenters. The smallest absolute Gasteiger partial charge is 0.306 e. The fraction of sp³-hybridized carbons (Fsp3) is 0.667. The Hall–Kier alpha value is -1.99. The molecule has 2 aliphatic rings. The summed E-state index contributed by atoms with van der Waals surface area (Å²) in [6.45, 7) is 13.4. The summed E-state index contributed by atoms with van der Waals surface area (Å²) in [5.41, 5.74) is 2.22. The maximum atomic E-state index is 12.7. The molecule has 0 aliphatic carbocycles. The third-order valence-corrected chi connectivity index (χ3v) is 7.30. The Balaban J connectivity index is 0.00000199. The summed E-state index contributed by atoms with van der Waals surface area (Å²) in [5, 5.41) is 13.5. The second-order valence-electron chi connectivity index (χ2n) is 9.25. The molecule has 0 spiro atoms. The Morgan fingerprint density at radius 1 is 1.12 bits per heavy atom. The Morgan fingerprint density at radius 3 is 2.47 bits per heavy atom. The predicted molar refractivity (Wildman–Crippen MR) is 137 cm³/mol. The zero-order valence-corrected chi connectivity index (χ0v) is 22.5. The monoisotopic (exact) mass is 491 g/mol. The predicted octanol–water partition coefficient (Wildman–Crippen LogP) is 6.59. The van der Waals surface area contributed by atoms with Crippen molar-refractivity contribution in [3.63, 3.8) is 0 Å². The van der Waals surface area contributed by atoms with Crippen molar-refractivity contribution in [1.29, 1.82) is 0 Å². The highest BCUT2D eigenvalue weighted by atomic mass is 32.1. The second kappa shape index (κ2) is 13.2. The number of hydrogen-bond donors (Lipinski definition) is 1. The number of carbonyl (C=O) groups is 2. The largest absolute Gasteiger partial charge is 0.512 e. The Labute approximate surface area is 208 Å². The van der Waals surface area contributed by atoms with Crippen LogP contribution in [-0.4, -0.2) is 40.2 Å². The number of aliphatic hydroxyl groups is 1. The number of hydrogen-bond acceptors (Lipinski definition) is 7. The van der Waals surface area contributed by atoms with E-state index in [0.29, 0.717) is 18.4 Å². The average molecular weight is 492 g/mol. The van der Waals surface area contributed by atoms with E-state index in [4.69, 9.17) is 9.47 Å². The van der Waals surface area contributed by atoms with E-state index in [1.165, 1.54) is 0 Å². The summed E-state index contributed by atoms with van der Waals surface area (Å²) in [4.78, 5) is 29.9. The minimum absolute atomic E-state index is 0.0688. The van der Waals surface area contributed by atoms with Gasteiger partial charge in [-0.25, -0.2) is 4.98 Å². The molecule has 1 N–H and O–H groups in total. The number of esters is 1. The summed E-state index contributed by atoms with van der Waals surface area (Å²) in [6, 6.07) is 0. The topological polar surface area (TPSA) is 89.0 Å². The molecule has 3 heterocycles. The Bertz CT molecular complexity index is 903. The van der Waals surface area contributed by atoms with Crippen LogP contribution in [0.1, 0.15) is 90.8 Å². The van der Waals surface area contributed by atoms with Crippen LogP contribution in [0.15, 0.2) is 22.3 Å². The van der Waals surface area contributed by atoms with Crippen molar-refractivity contribution in [2.24, 2.45) is 11.8 Å². The number of thiazole rings is 1. The molecule has 0 unspecified atom stereocenters. The molecule has 6 nitrogen and oxygen atoms in total. The van der Waals surface area contributed by atoms with E-state index < -0.39 is 0 Å². The van der Waals surface area contributed by atoms with Crippen LogP contribution in [0.5, 0.6) is 0 Å². The van der Waals surface area contributed by atoms with Gasteiger partial charge in [0.2, 0.25) is 0 Å². The first-order chi connectivity index (χ1) is 16.2. The van der Waals surface area contributed by atoms with Gasteiger partial charge in [0.1, 0.15) is 11.9 Å². The molecule has 3 rings (SSSR count). The lowest BCUT2D eigenvalue weighted by atomic mass is 9.90. The molecule has 1 aromatic heterocycles. The average Bonchev–Trinajstić information content (AvgIpc) is 3.43. The number of rotatable bonds is 2. The first-order valence-electron chi connectivity index (χ1n) is 12.5. The number of nitrogens with zero attached hydrogens (tertiary/aromatic N) is 1. The number of aromatic nitrogens is 1. The maximum absolute atomic E-state index is 12.7. The van der Waals surface area contributed by atoms with E-state index in [9.17, 15) is 14.7 Å². The first-order valence-corrected chi connectivity index (χ1v) is 13.4. The molecule has 190 valence electrons. The molecule has 1 aromatic rings. The zero-order valence-electron chi connectivity index (χ0n) is 21.7. The molecule has 34 heavy (non-hydrogen) atoms. The normalized spacial score (nSPS) is 31.7. The van der Waals surface area contributed by atoms with Crippen LogP contribution in [-0.2, 0) is 19.1 Å². The molecule has 1 fully saturated rings. The van der Waals surface area contributed by atoms with Crippen LogP contribution >= 0.6 is 11.3 Å². The van der Waals surface area contributed by atoms with Crippen LogP contribution in [0.2, 0.25) is 0 Å². The number of ketones is 1. The van der Waals surface area contributed by atoms with E-state index in [2.05, 4.69) is 4.98 Å². The van der Waals surface area contributed by atoms with Crippen molar-refractivity contribution in [2.75, 3.05) is 0 Å². The quantitative estimate of drug-likeness (QED) is 0.371. The van der Waals surface area contributed by atoms with E-state index in [1.807, 2.05) is 46.1 Å². The van der Waals surface area contributed by atoms with Crippen LogP contribution in [0.4, 0.5) is 0 Å².